The summed E-state index contributed by atoms with van der Waals surface area (Å²) in [4.78, 5) is 13.7. The first-order valence-electron chi connectivity index (χ1n) is 14.0. The van der Waals surface area contributed by atoms with Gasteiger partial charge >= 0.3 is 5.97 Å². The standard InChI is InChI=1S/C32H43NO2/c1-3-5-7-8-11-15-27-18-21-30(28(24-27)25-33)35-31(34)32(22-12-9-13-23-32)29-19-16-26(17-20-29)14-10-6-4-2/h16-21,24H,3-15,22-23H2,1-2H3. The average Bonchev–Trinajstić information content (AvgIpc) is 2.90. The van der Waals surface area contributed by atoms with Gasteiger partial charge in [0.25, 0.3) is 0 Å². The molecule has 0 aromatic heterocycles. The third-order valence-corrected chi connectivity index (χ3v) is 7.61. The molecule has 1 aliphatic rings. The fourth-order valence-electron chi connectivity index (χ4n) is 5.37. The molecule has 3 nitrogen and oxygen atoms in total. The van der Waals surface area contributed by atoms with Gasteiger partial charge in [0.05, 0.1) is 11.0 Å². The Morgan fingerprint density at radius 3 is 2.11 bits per heavy atom. The van der Waals surface area contributed by atoms with Gasteiger partial charge in [0.1, 0.15) is 11.8 Å². The van der Waals surface area contributed by atoms with E-state index >= 15 is 0 Å². The fourth-order valence-corrected chi connectivity index (χ4v) is 5.37. The number of benzene rings is 2. The normalized spacial score (nSPS) is 14.9. The molecule has 1 aliphatic carbocycles. The van der Waals surface area contributed by atoms with Gasteiger partial charge in [-0.05, 0) is 67.3 Å². The van der Waals surface area contributed by atoms with Crippen molar-refractivity contribution in [3.05, 3.63) is 64.7 Å². The van der Waals surface area contributed by atoms with E-state index in [0.29, 0.717) is 11.3 Å². The molecule has 35 heavy (non-hydrogen) atoms. The fraction of sp³-hybridized carbons (Fsp3) is 0.562. The Labute approximate surface area is 212 Å². The van der Waals surface area contributed by atoms with Crippen LogP contribution in [-0.4, -0.2) is 5.97 Å². The van der Waals surface area contributed by atoms with Crippen LogP contribution in [0.15, 0.2) is 42.5 Å². The molecule has 1 saturated carbocycles. The van der Waals surface area contributed by atoms with Gasteiger partial charge in [0.2, 0.25) is 0 Å². The van der Waals surface area contributed by atoms with Crippen LogP contribution in [0.25, 0.3) is 0 Å². The smallest absolute Gasteiger partial charge is 0.321 e. The van der Waals surface area contributed by atoms with E-state index in [1.54, 1.807) is 0 Å². The maximum absolute atomic E-state index is 13.7. The molecule has 0 aliphatic heterocycles. The highest BCUT2D eigenvalue weighted by atomic mass is 16.5. The highest BCUT2D eigenvalue weighted by Gasteiger charge is 2.43. The summed E-state index contributed by atoms with van der Waals surface area (Å²) in [7, 11) is 0. The first-order valence-corrected chi connectivity index (χ1v) is 14.0. The van der Waals surface area contributed by atoms with Crippen LogP contribution >= 0.6 is 0 Å². The van der Waals surface area contributed by atoms with Crippen LogP contribution in [0.3, 0.4) is 0 Å². The van der Waals surface area contributed by atoms with Gasteiger partial charge in [0.15, 0.2) is 0 Å². The number of hydrogen-bond acceptors (Lipinski definition) is 3. The first kappa shape index (κ1) is 27.0. The lowest BCUT2D eigenvalue weighted by molar-refractivity contribution is -0.142. The molecule has 0 heterocycles. The molecule has 0 unspecified atom stereocenters. The third-order valence-electron chi connectivity index (χ3n) is 7.61. The van der Waals surface area contributed by atoms with E-state index in [1.165, 1.54) is 50.5 Å². The van der Waals surface area contributed by atoms with Crippen molar-refractivity contribution in [3.8, 4) is 11.8 Å². The van der Waals surface area contributed by atoms with Crippen molar-refractivity contribution >= 4 is 5.97 Å². The molecular weight excluding hydrogens is 430 g/mol. The van der Waals surface area contributed by atoms with E-state index in [2.05, 4.69) is 44.2 Å². The zero-order valence-electron chi connectivity index (χ0n) is 21.9. The summed E-state index contributed by atoms with van der Waals surface area (Å²) >= 11 is 0. The second-order valence-electron chi connectivity index (χ2n) is 10.3. The van der Waals surface area contributed by atoms with E-state index in [9.17, 15) is 10.1 Å². The molecule has 2 aromatic rings. The number of esters is 1. The van der Waals surface area contributed by atoms with Crippen LogP contribution in [0.1, 0.15) is 120 Å². The Morgan fingerprint density at radius 1 is 0.829 bits per heavy atom. The largest absolute Gasteiger partial charge is 0.424 e. The number of nitriles is 1. The maximum Gasteiger partial charge on any atom is 0.321 e. The Bertz CT molecular complexity index is 964. The zero-order chi connectivity index (χ0) is 24.9. The van der Waals surface area contributed by atoms with Crippen molar-refractivity contribution in [2.24, 2.45) is 0 Å². The van der Waals surface area contributed by atoms with Gasteiger partial charge in [-0.1, -0.05) is 102 Å². The van der Waals surface area contributed by atoms with E-state index in [1.807, 2.05) is 18.2 Å². The summed E-state index contributed by atoms with van der Waals surface area (Å²) in [5.41, 5.74) is 3.37. The van der Waals surface area contributed by atoms with Gasteiger partial charge < -0.3 is 4.74 Å². The predicted molar refractivity (Wildman–Crippen MR) is 144 cm³/mol. The topological polar surface area (TPSA) is 50.1 Å². The summed E-state index contributed by atoms with van der Waals surface area (Å²) in [6.45, 7) is 4.45. The van der Waals surface area contributed by atoms with E-state index in [-0.39, 0.29) is 5.97 Å². The highest BCUT2D eigenvalue weighted by molar-refractivity contribution is 5.85. The van der Waals surface area contributed by atoms with Gasteiger partial charge in [0, 0.05) is 0 Å². The molecule has 2 aromatic carbocycles. The van der Waals surface area contributed by atoms with Crippen LogP contribution in [0.4, 0.5) is 0 Å². The lowest BCUT2D eigenvalue weighted by Gasteiger charge is -2.35. The Hall–Kier alpha value is -2.60. The third kappa shape index (κ3) is 7.44. The van der Waals surface area contributed by atoms with Gasteiger partial charge in [-0.25, -0.2) is 0 Å². The maximum atomic E-state index is 13.7. The average molecular weight is 474 g/mol. The molecule has 0 bridgehead atoms. The molecule has 0 N–H and O–H groups in total. The van der Waals surface area contributed by atoms with Gasteiger partial charge in [-0.3, -0.25) is 4.79 Å². The van der Waals surface area contributed by atoms with Crippen molar-refractivity contribution in [1.82, 2.24) is 0 Å². The first-order chi connectivity index (χ1) is 17.1. The number of hydrogen-bond donors (Lipinski definition) is 0. The Balaban J connectivity index is 1.73. The minimum Gasteiger partial charge on any atom is -0.424 e. The lowest BCUT2D eigenvalue weighted by atomic mass is 9.69. The zero-order valence-corrected chi connectivity index (χ0v) is 21.9. The second-order valence-corrected chi connectivity index (χ2v) is 10.3. The molecule has 0 atom stereocenters. The Kier molecular flexibility index (Phi) is 10.9. The number of carbonyl (C=O) groups is 1. The molecule has 0 amide bonds. The monoisotopic (exact) mass is 473 g/mol. The van der Waals surface area contributed by atoms with Crippen molar-refractivity contribution in [2.45, 2.75) is 116 Å². The van der Waals surface area contributed by atoms with E-state index in [0.717, 1.165) is 62.5 Å². The van der Waals surface area contributed by atoms with E-state index in [4.69, 9.17) is 4.74 Å². The Morgan fingerprint density at radius 2 is 1.43 bits per heavy atom. The number of nitrogens with zero attached hydrogens (tertiary/aromatic N) is 1. The number of ether oxygens (including phenoxy) is 1. The molecule has 0 radical (unpaired) electrons. The summed E-state index contributed by atoms with van der Waals surface area (Å²) in [5, 5.41) is 9.77. The van der Waals surface area contributed by atoms with Crippen LogP contribution in [0.5, 0.6) is 5.75 Å². The molecule has 3 rings (SSSR count). The minimum absolute atomic E-state index is 0.209. The molecule has 0 saturated heterocycles. The minimum atomic E-state index is -0.620. The molecule has 188 valence electrons. The van der Waals surface area contributed by atoms with Crippen molar-refractivity contribution in [1.29, 1.82) is 5.26 Å². The van der Waals surface area contributed by atoms with Gasteiger partial charge in [-0.2, -0.15) is 5.26 Å². The summed E-state index contributed by atoms with van der Waals surface area (Å²) < 4.78 is 5.99. The lowest BCUT2D eigenvalue weighted by Crippen LogP contribution is -2.41. The summed E-state index contributed by atoms with van der Waals surface area (Å²) in [6, 6.07) is 16.7. The summed E-state index contributed by atoms with van der Waals surface area (Å²) in [5.74, 6) is 0.188. The SMILES string of the molecule is CCCCCCCc1ccc(OC(=O)C2(c3ccc(CCCCC)cc3)CCCCC2)c(C#N)c1. The second kappa shape index (κ2) is 14.1. The number of carbonyl (C=O) groups excluding carboxylic acids is 1. The van der Waals surface area contributed by atoms with Crippen LogP contribution in [0, 0.1) is 11.3 Å². The molecule has 0 spiro atoms. The quantitative estimate of drug-likeness (QED) is 0.166. The van der Waals surface area contributed by atoms with Gasteiger partial charge in [-0.15, -0.1) is 0 Å². The molecule has 3 heteroatoms. The van der Waals surface area contributed by atoms with Crippen LogP contribution in [-0.2, 0) is 23.1 Å². The predicted octanol–water partition coefficient (Wildman–Crippen LogP) is 8.61. The summed E-state index contributed by atoms with van der Waals surface area (Å²) in [6.07, 6.45) is 16.6. The van der Waals surface area contributed by atoms with Crippen LogP contribution in [0.2, 0.25) is 0 Å². The van der Waals surface area contributed by atoms with E-state index < -0.39 is 5.41 Å². The van der Waals surface area contributed by atoms with Crippen molar-refractivity contribution < 1.29 is 9.53 Å². The number of rotatable bonds is 13. The van der Waals surface area contributed by atoms with Crippen LogP contribution < -0.4 is 4.74 Å². The van der Waals surface area contributed by atoms with Crippen molar-refractivity contribution in [2.75, 3.05) is 0 Å². The molecule has 1 fully saturated rings. The number of aryl methyl sites for hydroxylation is 2. The highest BCUT2D eigenvalue weighted by Crippen LogP contribution is 2.41. The number of unbranched alkanes of at least 4 members (excludes halogenated alkanes) is 6. The molecular formula is C32H43NO2. The van der Waals surface area contributed by atoms with Crippen molar-refractivity contribution in [3.63, 3.8) is 0 Å².